The van der Waals surface area contributed by atoms with E-state index in [2.05, 4.69) is 27.7 Å². The molecule has 0 aromatic carbocycles. The van der Waals surface area contributed by atoms with Crippen LogP contribution in [0.3, 0.4) is 0 Å². The highest BCUT2D eigenvalue weighted by Crippen LogP contribution is 2.34. The van der Waals surface area contributed by atoms with Crippen LogP contribution in [0.5, 0.6) is 0 Å². The Morgan fingerprint density at radius 1 is 1.07 bits per heavy atom. The van der Waals surface area contributed by atoms with Gasteiger partial charge < -0.3 is 4.74 Å². The van der Waals surface area contributed by atoms with Crippen molar-refractivity contribution in [2.24, 2.45) is 17.8 Å². The van der Waals surface area contributed by atoms with E-state index in [1.165, 1.54) is 25.7 Å². The van der Waals surface area contributed by atoms with E-state index in [4.69, 9.17) is 4.74 Å². The zero-order chi connectivity index (χ0) is 10.6. The van der Waals surface area contributed by atoms with E-state index in [1.54, 1.807) is 0 Å². The van der Waals surface area contributed by atoms with Crippen LogP contribution in [0.4, 0.5) is 0 Å². The van der Waals surface area contributed by atoms with Crippen molar-refractivity contribution in [1.29, 1.82) is 0 Å². The molecule has 0 aromatic heterocycles. The number of hydrogen-bond donors (Lipinski definition) is 0. The molecular formula is C13H26O. The van der Waals surface area contributed by atoms with E-state index >= 15 is 0 Å². The van der Waals surface area contributed by atoms with E-state index in [-0.39, 0.29) is 0 Å². The molecule has 0 N–H and O–H groups in total. The summed E-state index contributed by atoms with van der Waals surface area (Å²) in [6.45, 7) is 10.1. The fourth-order valence-corrected chi connectivity index (χ4v) is 2.56. The highest BCUT2D eigenvalue weighted by molar-refractivity contribution is 4.77. The SMILES string of the molecule is CCOC1CCC(C(C)C(C)C)CC1. The molecule has 1 heteroatoms. The summed E-state index contributed by atoms with van der Waals surface area (Å²) >= 11 is 0. The van der Waals surface area contributed by atoms with E-state index in [1.807, 2.05) is 0 Å². The summed E-state index contributed by atoms with van der Waals surface area (Å²) < 4.78 is 5.67. The minimum absolute atomic E-state index is 0.565. The van der Waals surface area contributed by atoms with E-state index in [9.17, 15) is 0 Å². The largest absolute Gasteiger partial charge is 0.379 e. The Morgan fingerprint density at radius 2 is 1.64 bits per heavy atom. The summed E-state index contributed by atoms with van der Waals surface area (Å²) in [6, 6.07) is 0. The second-order valence-corrected chi connectivity index (χ2v) is 5.10. The van der Waals surface area contributed by atoms with Crippen LogP contribution in [-0.2, 0) is 4.74 Å². The quantitative estimate of drug-likeness (QED) is 0.666. The van der Waals surface area contributed by atoms with E-state index in [0.717, 1.165) is 24.4 Å². The number of ether oxygens (including phenoxy) is 1. The van der Waals surface area contributed by atoms with Gasteiger partial charge in [-0.1, -0.05) is 20.8 Å². The Hall–Kier alpha value is -0.0400. The van der Waals surface area contributed by atoms with Crippen molar-refractivity contribution in [2.45, 2.75) is 59.5 Å². The van der Waals surface area contributed by atoms with Crippen molar-refractivity contribution in [3.05, 3.63) is 0 Å². The fraction of sp³-hybridized carbons (Fsp3) is 1.00. The molecule has 1 rings (SSSR count). The molecular weight excluding hydrogens is 172 g/mol. The maximum Gasteiger partial charge on any atom is 0.0575 e. The van der Waals surface area contributed by atoms with Crippen molar-refractivity contribution in [3.8, 4) is 0 Å². The van der Waals surface area contributed by atoms with Crippen molar-refractivity contribution >= 4 is 0 Å². The average molecular weight is 198 g/mol. The average Bonchev–Trinajstić information content (AvgIpc) is 2.18. The molecule has 1 nitrogen and oxygen atoms in total. The lowest BCUT2D eigenvalue weighted by molar-refractivity contribution is 0.0160. The molecule has 1 aliphatic carbocycles. The zero-order valence-electron chi connectivity index (χ0n) is 10.3. The molecule has 0 radical (unpaired) electrons. The van der Waals surface area contributed by atoms with Crippen molar-refractivity contribution < 1.29 is 4.74 Å². The van der Waals surface area contributed by atoms with Gasteiger partial charge in [-0.25, -0.2) is 0 Å². The van der Waals surface area contributed by atoms with Gasteiger partial charge in [0.1, 0.15) is 0 Å². The fourth-order valence-electron chi connectivity index (χ4n) is 2.56. The number of hydrogen-bond acceptors (Lipinski definition) is 1. The molecule has 1 atom stereocenters. The standard InChI is InChI=1S/C13H26O/c1-5-14-13-8-6-12(7-9-13)11(4)10(2)3/h10-13H,5-9H2,1-4H3. The monoisotopic (exact) mass is 198 g/mol. The third kappa shape index (κ3) is 3.27. The summed E-state index contributed by atoms with van der Waals surface area (Å²) in [5.74, 6) is 2.67. The Balaban J connectivity index is 2.28. The lowest BCUT2D eigenvalue weighted by Gasteiger charge is -2.33. The van der Waals surface area contributed by atoms with Crippen LogP contribution in [0.15, 0.2) is 0 Å². The van der Waals surface area contributed by atoms with Crippen LogP contribution in [0, 0.1) is 17.8 Å². The molecule has 1 fully saturated rings. The molecule has 14 heavy (non-hydrogen) atoms. The van der Waals surface area contributed by atoms with Crippen LogP contribution in [0.25, 0.3) is 0 Å². The van der Waals surface area contributed by atoms with Gasteiger partial charge in [-0.15, -0.1) is 0 Å². The van der Waals surface area contributed by atoms with Crippen LogP contribution < -0.4 is 0 Å². The molecule has 0 bridgehead atoms. The van der Waals surface area contributed by atoms with Gasteiger partial charge in [-0.2, -0.15) is 0 Å². The van der Waals surface area contributed by atoms with Crippen LogP contribution in [0.2, 0.25) is 0 Å². The summed E-state index contributed by atoms with van der Waals surface area (Å²) in [4.78, 5) is 0. The van der Waals surface area contributed by atoms with Crippen LogP contribution in [0.1, 0.15) is 53.4 Å². The van der Waals surface area contributed by atoms with Crippen molar-refractivity contribution in [1.82, 2.24) is 0 Å². The molecule has 0 heterocycles. The summed E-state index contributed by atoms with van der Waals surface area (Å²) in [6.07, 6.45) is 5.90. The predicted octanol–water partition coefficient (Wildman–Crippen LogP) is 3.87. The maximum absolute atomic E-state index is 5.67. The van der Waals surface area contributed by atoms with Gasteiger partial charge in [0.15, 0.2) is 0 Å². The lowest BCUT2D eigenvalue weighted by atomic mass is 9.75. The van der Waals surface area contributed by atoms with Gasteiger partial charge in [-0.3, -0.25) is 0 Å². The van der Waals surface area contributed by atoms with E-state index < -0.39 is 0 Å². The first-order valence-corrected chi connectivity index (χ1v) is 6.26. The third-order valence-corrected chi connectivity index (χ3v) is 3.92. The van der Waals surface area contributed by atoms with Crippen molar-refractivity contribution in [3.63, 3.8) is 0 Å². The van der Waals surface area contributed by atoms with Gasteiger partial charge in [0.25, 0.3) is 0 Å². The molecule has 0 aliphatic heterocycles. The maximum atomic E-state index is 5.67. The second-order valence-electron chi connectivity index (χ2n) is 5.10. The Labute approximate surface area is 89.2 Å². The van der Waals surface area contributed by atoms with E-state index in [0.29, 0.717) is 6.10 Å². The Kier molecular flexibility index (Phi) is 4.94. The lowest BCUT2D eigenvalue weighted by Crippen LogP contribution is -2.27. The number of rotatable bonds is 4. The van der Waals surface area contributed by atoms with Gasteiger partial charge in [0.2, 0.25) is 0 Å². The summed E-state index contributed by atoms with van der Waals surface area (Å²) in [5.41, 5.74) is 0. The zero-order valence-corrected chi connectivity index (χ0v) is 10.3. The summed E-state index contributed by atoms with van der Waals surface area (Å²) in [7, 11) is 0. The van der Waals surface area contributed by atoms with Gasteiger partial charge >= 0.3 is 0 Å². The molecule has 84 valence electrons. The van der Waals surface area contributed by atoms with Crippen molar-refractivity contribution in [2.75, 3.05) is 6.61 Å². The molecule has 1 saturated carbocycles. The Bertz CT molecular complexity index is 145. The topological polar surface area (TPSA) is 9.23 Å². The normalized spacial score (nSPS) is 30.6. The van der Waals surface area contributed by atoms with Crippen LogP contribution >= 0.6 is 0 Å². The van der Waals surface area contributed by atoms with Crippen LogP contribution in [-0.4, -0.2) is 12.7 Å². The molecule has 1 aliphatic rings. The molecule has 1 unspecified atom stereocenters. The minimum atomic E-state index is 0.565. The molecule has 0 spiro atoms. The first-order chi connectivity index (χ1) is 6.65. The predicted molar refractivity (Wildman–Crippen MR) is 61.4 cm³/mol. The first-order valence-electron chi connectivity index (χ1n) is 6.26. The smallest absolute Gasteiger partial charge is 0.0575 e. The highest BCUT2D eigenvalue weighted by Gasteiger charge is 2.26. The van der Waals surface area contributed by atoms with Gasteiger partial charge in [0.05, 0.1) is 6.10 Å². The third-order valence-electron chi connectivity index (χ3n) is 3.92. The second kappa shape index (κ2) is 5.75. The Morgan fingerprint density at radius 3 is 2.07 bits per heavy atom. The molecule has 0 aromatic rings. The van der Waals surface area contributed by atoms with Gasteiger partial charge in [0, 0.05) is 6.61 Å². The summed E-state index contributed by atoms with van der Waals surface area (Å²) in [5, 5.41) is 0. The minimum Gasteiger partial charge on any atom is -0.379 e. The highest BCUT2D eigenvalue weighted by atomic mass is 16.5. The van der Waals surface area contributed by atoms with Gasteiger partial charge in [-0.05, 0) is 50.4 Å². The molecule has 0 saturated heterocycles. The first kappa shape index (κ1) is 12.0. The molecule has 0 amide bonds.